The number of phenols is 2. The monoisotopic (exact) mass is 565 g/mol. The molecule has 0 radical (unpaired) electrons. The van der Waals surface area contributed by atoms with E-state index < -0.39 is 38.0 Å². The maximum atomic E-state index is 13.4. The number of sulfonamides is 1. The summed E-state index contributed by atoms with van der Waals surface area (Å²) in [5, 5.41) is 35.5. The number of benzene rings is 3. The summed E-state index contributed by atoms with van der Waals surface area (Å²) >= 11 is 0. The molecule has 40 heavy (non-hydrogen) atoms. The summed E-state index contributed by atoms with van der Waals surface area (Å²) in [6.45, 7) is 2.73. The van der Waals surface area contributed by atoms with Crippen molar-refractivity contribution in [1.82, 2.24) is 14.9 Å². The third kappa shape index (κ3) is 4.69. The number of likely N-dealkylation sites (N-methyl/N-ethyl adjacent to an activating group) is 1. The van der Waals surface area contributed by atoms with E-state index >= 15 is 0 Å². The molecule has 3 amide bonds. The van der Waals surface area contributed by atoms with Gasteiger partial charge in [-0.05, 0) is 49.7 Å². The number of nitrogens with zero attached hydrogens (tertiary/aromatic N) is 2. The normalized spacial score (nSPS) is 11.9. The van der Waals surface area contributed by atoms with Gasteiger partial charge in [0, 0.05) is 23.7 Å². The third-order valence-electron chi connectivity index (χ3n) is 6.60. The van der Waals surface area contributed by atoms with Gasteiger partial charge in [0.2, 0.25) is 15.9 Å². The van der Waals surface area contributed by atoms with Gasteiger partial charge in [0.15, 0.2) is 0 Å². The fraction of sp³-hybridized carbons (Fsp3) is 0.154. The van der Waals surface area contributed by atoms with Gasteiger partial charge in [0.05, 0.1) is 26.9 Å². The number of primary amides is 1. The van der Waals surface area contributed by atoms with Crippen molar-refractivity contribution in [1.29, 1.82) is 5.41 Å². The van der Waals surface area contributed by atoms with Gasteiger partial charge in [-0.1, -0.05) is 18.2 Å². The van der Waals surface area contributed by atoms with Crippen LogP contribution in [-0.2, 0) is 20.2 Å². The van der Waals surface area contributed by atoms with Gasteiger partial charge in [-0.15, -0.1) is 0 Å². The molecule has 0 bridgehead atoms. The molecule has 0 saturated heterocycles. The highest BCUT2D eigenvalue weighted by Gasteiger charge is 2.41. The Labute approximate surface area is 228 Å². The minimum Gasteiger partial charge on any atom is -0.507 e. The molecule has 0 spiro atoms. The Morgan fingerprint density at radius 2 is 1.70 bits per heavy atom. The summed E-state index contributed by atoms with van der Waals surface area (Å²) in [4.78, 5) is 32.7. The number of phenolic OH excluding ortho intramolecular Hbond substituents is 2. The van der Waals surface area contributed by atoms with Crippen LogP contribution in [-0.4, -0.2) is 58.3 Å². The quantitative estimate of drug-likeness (QED) is 0.134. The molecule has 0 aliphatic carbocycles. The highest BCUT2D eigenvalue weighted by atomic mass is 32.2. The molecule has 0 unspecified atom stereocenters. The van der Waals surface area contributed by atoms with Gasteiger partial charge in [-0.25, -0.2) is 23.3 Å². The molecular weight excluding hydrogens is 538 g/mol. The first-order valence-electron chi connectivity index (χ1n) is 11.7. The van der Waals surface area contributed by atoms with Crippen molar-refractivity contribution < 1.29 is 28.2 Å². The Kier molecular flexibility index (Phi) is 6.78. The second-order valence-electron chi connectivity index (χ2n) is 9.64. The molecule has 10 N–H and O–H groups in total. The summed E-state index contributed by atoms with van der Waals surface area (Å²) in [6.07, 6.45) is 0. The van der Waals surface area contributed by atoms with Crippen LogP contribution in [0.5, 0.6) is 11.5 Å². The maximum absolute atomic E-state index is 13.4. The molecule has 3 aromatic carbocycles. The van der Waals surface area contributed by atoms with Gasteiger partial charge in [-0.3, -0.25) is 15.1 Å². The SMILES string of the molecule is CN(C(N)=O)C(=O)C(C)(C)c1cc(-c2nc3ccc(C(=N)N)cc3[nH]2)c(O)c(-c2ccccc2O)c1S(N)(=O)=O. The Bertz CT molecular complexity index is 1830. The van der Waals surface area contributed by atoms with Crippen LogP contribution < -0.4 is 16.6 Å². The van der Waals surface area contributed by atoms with Gasteiger partial charge >= 0.3 is 6.03 Å². The van der Waals surface area contributed by atoms with Crippen molar-refractivity contribution in [3.8, 4) is 34.0 Å². The summed E-state index contributed by atoms with van der Waals surface area (Å²) in [5.74, 6) is -1.95. The van der Waals surface area contributed by atoms with E-state index in [0.717, 1.165) is 7.05 Å². The predicted molar refractivity (Wildman–Crippen MR) is 148 cm³/mol. The van der Waals surface area contributed by atoms with Crippen molar-refractivity contribution in [2.45, 2.75) is 24.2 Å². The van der Waals surface area contributed by atoms with Crippen LogP contribution in [0.3, 0.4) is 0 Å². The molecule has 0 aliphatic rings. The number of hydrogen-bond donors (Lipinski definition) is 7. The second kappa shape index (κ2) is 9.66. The minimum absolute atomic E-state index is 0.0381. The topological polar surface area (TPSA) is 243 Å². The van der Waals surface area contributed by atoms with Crippen LogP contribution in [0.1, 0.15) is 25.0 Å². The fourth-order valence-electron chi connectivity index (χ4n) is 4.47. The number of fused-ring (bicyclic) bond motifs is 1. The first-order valence-corrected chi connectivity index (χ1v) is 13.2. The Hall–Kier alpha value is -4.95. The zero-order valence-electron chi connectivity index (χ0n) is 21.7. The smallest absolute Gasteiger partial charge is 0.321 e. The Morgan fingerprint density at radius 1 is 1.05 bits per heavy atom. The maximum Gasteiger partial charge on any atom is 0.321 e. The van der Waals surface area contributed by atoms with E-state index in [1.54, 1.807) is 18.2 Å². The zero-order chi connectivity index (χ0) is 29.7. The highest BCUT2D eigenvalue weighted by Crippen LogP contribution is 2.48. The second-order valence-corrected chi connectivity index (χ2v) is 11.1. The van der Waals surface area contributed by atoms with E-state index in [2.05, 4.69) is 9.97 Å². The molecule has 0 saturated carbocycles. The van der Waals surface area contributed by atoms with Gasteiger partial charge in [0.25, 0.3) is 0 Å². The van der Waals surface area contributed by atoms with E-state index in [-0.39, 0.29) is 39.7 Å². The standard InChI is InChI=1S/C26H27N7O6S/c1-26(2,24(36)33(3)25(29)37)15-11-14(23-31-16-9-8-12(22(27)28)10-17(16)32-23)20(35)19(21(15)40(30,38)39)13-6-4-5-7-18(13)34/h4-11,34-35H,1-3H3,(H3,27,28)(H2,29,37)(H,31,32)(H2,30,38,39). The lowest BCUT2D eigenvalue weighted by Crippen LogP contribution is -2.47. The number of imidazole rings is 1. The molecule has 1 heterocycles. The van der Waals surface area contributed by atoms with E-state index in [0.29, 0.717) is 21.5 Å². The lowest BCUT2D eigenvalue weighted by atomic mass is 9.80. The van der Waals surface area contributed by atoms with E-state index in [1.807, 2.05) is 0 Å². The molecule has 4 aromatic rings. The number of aromatic amines is 1. The number of imide groups is 1. The summed E-state index contributed by atoms with van der Waals surface area (Å²) in [6, 6.07) is 10.6. The molecule has 0 aliphatic heterocycles. The molecule has 13 nitrogen and oxygen atoms in total. The molecule has 14 heteroatoms. The average Bonchev–Trinajstić information content (AvgIpc) is 3.30. The largest absolute Gasteiger partial charge is 0.507 e. The number of nitrogen functional groups attached to an aromatic ring is 1. The molecule has 0 atom stereocenters. The number of carbonyl (C=O) groups is 2. The molecule has 208 valence electrons. The number of rotatable bonds is 6. The van der Waals surface area contributed by atoms with Crippen molar-refractivity contribution in [2.75, 3.05) is 7.05 Å². The number of primary sulfonamides is 1. The van der Waals surface area contributed by atoms with Crippen LogP contribution in [0.25, 0.3) is 33.5 Å². The van der Waals surface area contributed by atoms with Gasteiger partial charge in [-0.2, -0.15) is 0 Å². The molecule has 4 rings (SSSR count). The third-order valence-corrected chi connectivity index (χ3v) is 7.59. The number of carbonyl (C=O) groups excluding carboxylic acids is 2. The number of urea groups is 1. The number of para-hydroxylation sites is 1. The highest BCUT2D eigenvalue weighted by molar-refractivity contribution is 7.89. The Balaban J connectivity index is 2.17. The van der Waals surface area contributed by atoms with Crippen LogP contribution in [0, 0.1) is 5.41 Å². The summed E-state index contributed by atoms with van der Waals surface area (Å²) < 4.78 is 26.2. The van der Waals surface area contributed by atoms with Crippen molar-refractivity contribution in [2.24, 2.45) is 16.6 Å². The van der Waals surface area contributed by atoms with Gasteiger partial charge in [0.1, 0.15) is 23.2 Å². The Morgan fingerprint density at radius 3 is 2.27 bits per heavy atom. The first kappa shape index (κ1) is 28.1. The first-order chi connectivity index (χ1) is 18.6. The molecule has 1 aromatic heterocycles. The van der Waals surface area contributed by atoms with Crippen molar-refractivity contribution in [3.63, 3.8) is 0 Å². The summed E-state index contributed by atoms with van der Waals surface area (Å²) in [5.41, 5.74) is 9.76. The molecule has 0 fully saturated rings. The fourth-order valence-corrected chi connectivity index (χ4v) is 5.58. The lowest BCUT2D eigenvalue weighted by Gasteiger charge is -2.31. The number of amides is 3. The van der Waals surface area contributed by atoms with Crippen molar-refractivity contribution >= 4 is 38.8 Å². The van der Waals surface area contributed by atoms with Gasteiger partial charge < -0.3 is 26.7 Å². The number of aromatic hydroxyl groups is 2. The minimum atomic E-state index is -4.68. The van der Waals surface area contributed by atoms with Crippen LogP contribution in [0.4, 0.5) is 4.79 Å². The lowest BCUT2D eigenvalue weighted by molar-refractivity contribution is -0.132. The zero-order valence-corrected chi connectivity index (χ0v) is 22.5. The molecular formula is C26H27N7O6S. The predicted octanol–water partition coefficient (Wildman–Crippen LogP) is 2.05. The van der Waals surface area contributed by atoms with Crippen LogP contribution in [0.15, 0.2) is 53.4 Å². The van der Waals surface area contributed by atoms with E-state index in [4.69, 9.17) is 22.0 Å². The number of nitrogens with one attached hydrogen (secondary N) is 2. The number of hydrogen-bond acceptors (Lipinski definition) is 8. The number of H-pyrrole nitrogens is 1. The number of amidine groups is 1. The van der Waals surface area contributed by atoms with E-state index in [9.17, 15) is 28.2 Å². The number of nitrogens with two attached hydrogens (primary N) is 3. The van der Waals surface area contributed by atoms with Crippen LogP contribution >= 0.6 is 0 Å². The number of aromatic nitrogens is 2. The van der Waals surface area contributed by atoms with Crippen LogP contribution in [0.2, 0.25) is 0 Å². The average molecular weight is 566 g/mol. The van der Waals surface area contributed by atoms with E-state index in [1.165, 1.54) is 44.2 Å². The van der Waals surface area contributed by atoms with Crippen molar-refractivity contribution in [3.05, 3.63) is 59.7 Å². The summed E-state index contributed by atoms with van der Waals surface area (Å²) in [7, 11) is -3.54.